The minimum absolute atomic E-state index is 0.214. The van der Waals surface area contributed by atoms with Crippen molar-refractivity contribution < 1.29 is 23.4 Å². The number of nitrogens with one attached hydrogen (secondary N) is 1. The summed E-state index contributed by atoms with van der Waals surface area (Å²) in [5, 5.41) is 2.81. The van der Waals surface area contributed by atoms with Gasteiger partial charge < -0.3 is 19.5 Å². The molecule has 2 rings (SSSR count). The Labute approximate surface area is 140 Å². The summed E-state index contributed by atoms with van der Waals surface area (Å²) in [5.41, 5.74) is 0.464. The lowest BCUT2D eigenvalue weighted by molar-refractivity contribution is 0.0951. The zero-order chi connectivity index (χ0) is 17.4. The van der Waals surface area contributed by atoms with Gasteiger partial charge in [-0.2, -0.15) is 0 Å². The van der Waals surface area contributed by atoms with Crippen LogP contribution in [0.3, 0.4) is 0 Å². The monoisotopic (exact) mass is 333 g/mol. The van der Waals surface area contributed by atoms with Crippen molar-refractivity contribution in [1.82, 2.24) is 5.32 Å². The molecule has 5 nitrogen and oxygen atoms in total. The van der Waals surface area contributed by atoms with Gasteiger partial charge in [-0.05, 0) is 42.8 Å². The van der Waals surface area contributed by atoms with E-state index in [-0.39, 0.29) is 11.7 Å². The summed E-state index contributed by atoms with van der Waals surface area (Å²) in [6.45, 7) is 0.882. The van der Waals surface area contributed by atoms with E-state index in [4.69, 9.17) is 14.2 Å². The third-order valence-corrected chi connectivity index (χ3v) is 3.30. The number of methoxy groups -OCH3 is 2. The smallest absolute Gasteiger partial charge is 0.251 e. The molecule has 0 saturated carbocycles. The molecule has 1 amide bonds. The molecule has 1 N–H and O–H groups in total. The SMILES string of the molecule is COc1cc(OC)cc(C(=O)NCCCOc2ccc(F)cc2)c1. The Balaban J connectivity index is 1.77. The Hall–Kier alpha value is -2.76. The molecule has 0 saturated heterocycles. The van der Waals surface area contributed by atoms with E-state index in [1.54, 1.807) is 30.3 Å². The van der Waals surface area contributed by atoms with Crippen molar-refractivity contribution in [3.05, 3.63) is 53.8 Å². The van der Waals surface area contributed by atoms with Crippen molar-refractivity contribution >= 4 is 5.91 Å². The van der Waals surface area contributed by atoms with Crippen LogP contribution in [0.15, 0.2) is 42.5 Å². The fourth-order valence-corrected chi connectivity index (χ4v) is 2.04. The molecule has 0 bridgehead atoms. The molecule has 0 unspecified atom stereocenters. The van der Waals surface area contributed by atoms with E-state index in [1.807, 2.05) is 0 Å². The standard InChI is InChI=1S/C18H20FNO4/c1-22-16-10-13(11-17(12-16)23-2)18(21)20-8-3-9-24-15-6-4-14(19)5-7-15/h4-7,10-12H,3,8-9H2,1-2H3,(H,20,21). The first-order chi connectivity index (χ1) is 11.6. The lowest BCUT2D eigenvalue weighted by Gasteiger charge is -2.10. The van der Waals surface area contributed by atoms with Gasteiger partial charge in [0.2, 0.25) is 0 Å². The number of rotatable bonds is 8. The van der Waals surface area contributed by atoms with Gasteiger partial charge in [0.15, 0.2) is 0 Å². The van der Waals surface area contributed by atoms with Crippen molar-refractivity contribution in [2.45, 2.75) is 6.42 Å². The van der Waals surface area contributed by atoms with Gasteiger partial charge in [-0.15, -0.1) is 0 Å². The van der Waals surface area contributed by atoms with Crippen molar-refractivity contribution in [3.8, 4) is 17.2 Å². The van der Waals surface area contributed by atoms with Gasteiger partial charge in [-0.3, -0.25) is 4.79 Å². The first-order valence-electron chi connectivity index (χ1n) is 7.52. The fraction of sp³-hybridized carbons (Fsp3) is 0.278. The predicted molar refractivity (Wildman–Crippen MR) is 88.4 cm³/mol. The van der Waals surface area contributed by atoms with Crippen LogP contribution in [0.1, 0.15) is 16.8 Å². The molecule has 0 aromatic heterocycles. The second-order valence-electron chi connectivity index (χ2n) is 5.01. The molecule has 0 aliphatic carbocycles. The van der Waals surface area contributed by atoms with Crippen LogP contribution in [0.4, 0.5) is 4.39 Å². The Morgan fingerprint density at radius 1 is 1.00 bits per heavy atom. The molecule has 24 heavy (non-hydrogen) atoms. The van der Waals surface area contributed by atoms with Gasteiger partial charge in [0.25, 0.3) is 5.91 Å². The van der Waals surface area contributed by atoms with Crippen molar-refractivity contribution in [3.63, 3.8) is 0 Å². The molecular weight excluding hydrogens is 313 g/mol. The molecule has 0 aliphatic heterocycles. The van der Waals surface area contributed by atoms with Gasteiger partial charge in [0, 0.05) is 18.2 Å². The minimum Gasteiger partial charge on any atom is -0.497 e. The normalized spacial score (nSPS) is 10.1. The molecule has 0 atom stereocenters. The van der Waals surface area contributed by atoms with Crippen LogP contribution in [0.25, 0.3) is 0 Å². The van der Waals surface area contributed by atoms with Gasteiger partial charge >= 0.3 is 0 Å². The predicted octanol–water partition coefficient (Wildman–Crippen LogP) is 3.04. The quantitative estimate of drug-likeness (QED) is 0.755. The van der Waals surface area contributed by atoms with Gasteiger partial charge in [-0.1, -0.05) is 0 Å². The van der Waals surface area contributed by atoms with E-state index in [0.717, 1.165) is 0 Å². The summed E-state index contributed by atoms with van der Waals surface area (Å²) in [4.78, 5) is 12.1. The van der Waals surface area contributed by atoms with Crippen LogP contribution < -0.4 is 19.5 Å². The summed E-state index contributed by atoms with van der Waals surface area (Å²) in [5.74, 6) is 1.19. The minimum atomic E-state index is -0.302. The maximum atomic E-state index is 12.8. The average Bonchev–Trinajstić information content (AvgIpc) is 2.62. The van der Waals surface area contributed by atoms with E-state index in [0.29, 0.717) is 42.4 Å². The molecule has 0 heterocycles. The Bertz CT molecular complexity index is 651. The summed E-state index contributed by atoms with van der Waals surface area (Å²) >= 11 is 0. The third-order valence-electron chi connectivity index (χ3n) is 3.30. The van der Waals surface area contributed by atoms with Gasteiger partial charge in [0.1, 0.15) is 23.1 Å². The van der Waals surface area contributed by atoms with Crippen molar-refractivity contribution in [1.29, 1.82) is 0 Å². The molecular formula is C18H20FNO4. The lowest BCUT2D eigenvalue weighted by Crippen LogP contribution is -2.25. The van der Waals surface area contributed by atoms with Crippen LogP contribution in [0.5, 0.6) is 17.2 Å². The number of carbonyl (C=O) groups excluding carboxylic acids is 1. The summed E-state index contributed by atoms with van der Waals surface area (Å²) < 4.78 is 28.5. The molecule has 0 spiro atoms. The largest absolute Gasteiger partial charge is 0.497 e. The summed E-state index contributed by atoms with van der Waals surface area (Å²) in [6.07, 6.45) is 0.629. The Kier molecular flexibility index (Phi) is 6.42. The molecule has 0 fully saturated rings. The average molecular weight is 333 g/mol. The van der Waals surface area contributed by atoms with E-state index in [2.05, 4.69) is 5.32 Å². The topological polar surface area (TPSA) is 56.8 Å². The molecule has 0 radical (unpaired) electrons. The fourth-order valence-electron chi connectivity index (χ4n) is 2.04. The van der Waals surface area contributed by atoms with Gasteiger partial charge in [-0.25, -0.2) is 4.39 Å². The Morgan fingerprint density at radius 2 is 1.62 bits per heavy atom. The Morgan fingerprint density at radius 3 is 2.21 bits per heavy atom. The third kappa shape index (κ3) is 5.15. The molecule has 2 aromatic rings. The number of amides is 1. The highest BCUT2D eigenvalue weighted by Crippen LogP contribution is 2.22. The number of halogens is 1. The number of benzene rings is 2. The van der Waals surface area contributed by atoms with E-state index < -0.39 is 0 Å². The van der Waals surface area contributed by atoms with E-state index >= 15 is 0 Å². The second-order valence-corrected chi connectivity index (χ2v) is 5.01. The second kappa shape index (κ2) is 8.76. The highest BCUT2D eigenvalue weighted by atomic mass is 19.1. The number of carbonyl (C=O) groups is 1. The molecule has 2 aromatic carbocycles. The molecule has 6 heteroatoms. The highest BCUT2D eigenvalue weighted by molar-refractivity contribution is 5.95. The van der Waals surface area contributed by atoms with Crippen LogP contribution >= 0.6 is 0 Å². The summed E-state index contributed by atoms with van der Waals surface area (Å²) in [6, 6.07) is 10.8. The highest BCUT2D eigenvalue weighted by Gasteiger charge is 2.09. The molecule has 0 aliphatic rings. The zero-order valence-electron chi connectivity index (χ0n) is 13.7. The number of hydrogen-bond acceptors (Lipinski definition) is 4. The van der Waals surface area contributed by atoms with Crippen molar-refractivity contribution in [2.24, 2.45) is 0 Å². The summed E-state index contributed by atoms with van der Waals surface area (Å²) in [7, 11) is 3.06. The van der Waals surface area contributed by atoms with Crippen LogP contribution in [-0.4, -0.2) is 33.3 Å². The number of hydrogen-bond donors (Lipinski definition) is 1. The van der Waals surface area contributed by atoms with Crippen LogP contribution in [0, 0.1) is 5.82 Å². The van der Waals surface area contributed by atoms with Gasteiger partial charge in [0.05, 0.1) is 20.8 Å². The maximum absolute atomic E-state index is 12.8. The first kappa shape index (κ1) is 17.6. The first-order valence-corrected chi connectivity index (χ1v) is 7.52. The van der Waals surface area contributed by atoms with Crippen molar-refractivity contribution in [2.75, 3.05) is 27.4 Å². The van der Waals surface area contributed by atoms with Crippen LogP contribution in [-0.2, 0) is 0 Å². The molecule has 128 valence electrons. The van der Waals surface area contributed by atoms with Crippen LogP contribution in [0.2, 0.25) is 0 Å². The number of ether oxygens (including phenoxy) is 3. The van der Waals surface area contributed by atoms with E-state index in [1.165, 1.54) is 26.4 Å². The maximum Gasteiger partial charge on any atom is 0.251 e. The zero-order valence-corrected chi connectivity index (χ0v) is 13.7. The van der Waals surface area contributed by atoms with E-state index in [9.17, 15) is 9.18 Å². The lowest BCUT2D eigenvalue weighted by atomic mass is 10.2.